The van der Waals surface area contributed by atoms with E-state index >= 15 is 0 Å². The smallest absolute Gasteiger partial charge is 0.0992 e. The first kappa shape index (κ1) is 13.6. The fraction of sp³-hybridized carbons (Fsp3) is 0.188. The summed E-state index contributed by atoms with van der Waals surface area (Å²) in [6.45, 7) is 2.15. The zero-order chi connectivity index (χ0) is 13.7. The van der Waals surface area contributed by atoms with Gasteiger partial charge in [0.25, 0.3) is 0 Å². The van der Waals surface area contributed by atoms with Gasteiger partial charge in [0.15, 0.2) is 0 Å². The topological polar surface area (TPSA) is 35.8 Å². The van der Waals surface area contributed by atoms with E-state index in [1.54, 1.807) is 0 Å². The van der Waals surface area contributed by atoms with Crippen LogP contribution in [0.1, 0.15) is 30.5 Å². The zero-order valence-corrected chi connectivity index (χ0v) is 12.3. The van der Waals surface area contributed by atoms with Gasteiger partial charge in [-0.05, 0) is 30.2 Å². The molecule has 0 aromatic heterocycles. The lowest BCUT2D eigenvalue weighted by molar-refractivity contribution is 0.749. The zero-order valence-electron chi connectivity index (χ0n) is 10.7. The largest absolute Gasteiger partial charge is 0.378 e. The second kappa shape index (κ2) is 6.40. The lowest BCUT2D eigenvalue weighted by atomic mass is 10.0. The van der Waals surface area contributed by atoms with Crippen molar-refractivity contribution in [1.29, 1.82) is 5.26 Å². The van der Waals surface area contributed by atoms with Crippen LogP contribution in [0.25, 0.3) is 0 Å². The van der Waals surface area contributed by atoms with E-state index in [-0.39, 0.29) is 6.04 Å². The predicted octanol–water partition coefficient (Wildman–Crippen LogP) is 4.88. The lowest BCUT2D eigenvalue weighted by Gasteiger charge is -2.19. The van der Waals surface area contributed by atoms with Crippen LogP contribution in [0.3, 0.4) is 0 Å². The van der Waals surface area contributed by atoms with Crippen molar-refractivity contribution in [2.45, 2.75) is 19.4 Å². The van der Waals surface area contributed by atoms with Crippen molar-refractivity contribution in [3.05, 3.63) is 64.1 Å². The van der Waals surface area contributed by atoms with Crippen molar-refractivity contribution in [3.63, 3.8) is 0 Å². The summed E-state index contributed by atoms with van der Waals surface area (Å²) in [4.78, 5) is 0. The molecule has 0 bridgehead atoms. The minimum Gasteiger partial charge on any atom is -0.378 e. The molecule has 0 aliphatic heterocycles. The van der Waals surface area contributed by atoms with Gasteiger partial charge in [-0.25, -0.2) is 0 Å². The number of anilines is 1. The molecule has 0 aliphatic rings. The van der Waals surface area contributed by atoms with Gasteiger partial charge in [0.2, 0.25) is 0 Å². The summed E-state index contributed by atoms with van der Waals surface area (Å²) in [6, 6.07) is 18.4. The number of hydrogen-bond donors (Lipinski definition) is 1. The van der Waals surface area contributed by atoms with Crippen molar-refractivity contribution in [3.8, 4) is 6.07 Å². The van der Waals surface area contributed by atoms with Gasteiger partial charge in [-0.3, -0.25) is 0 Å². The Bertz CT molecular complexity index is 587. The van der Waals surface area contributed by atoms with Crippen LogP contribution in [0.5, 0.6) is 0 Å². The Morgan fingerprint density at radius 2 is 1.95 bits per heavy atom. The van der Waals surface area contributed by atoms with E-state index in [1.165, 1.54) is 5.56 Å². The lowest BCUT2D eigenvalue weighted by Crippen LogP contribution is -2.09. The monoisotopic (exact) mass is 314 g/mol. The number of hydrogen-bond acceptors (Lipinski definition) is 2. The molecular weight excluding hydrogens is 300 g/mol. The summed E-state index contributed by atoms with van der Waals surface area (Å²) in [5.74, 6) is 0. The van der Waals surface area contributed by atoms with Crippen molar-refractivity contribution >= 4 is 21.6 Å². The van der Waals surface area contributed by atoms with Crippen LogP contribution < -0.4 is 5.32 Å². The van der Waals surface area contributed by atoms with Crippen molar-refractivity contribution < 1.29 is 0 Å². The molecule has 0 spiro atoms. The molecule has 2 aromatic rings. The molecule has 0 radical (unpaired) electrons. The third-order valence-electron chi connectivity index (χ3n) is 2.98. The van der Waals surface area contributed by atoms with E-state index in [9.17, 15) is 0 Å². The van der Waals surface area contributed by atoms with E-state index in [1.807, 2.05) is 36.4 Å². The Balaban J connectivity index is 2.24. The Labute approximate surface area is 122 Å². The first-order chi connectivity index (χ1) is 9.22. The normalized spacial score (nSPS) is 11.6. The van der Waals surface area contributed by atoms with Gasteiger partial charge in [0, 0.05) is 10.2 Å². The van der Waals surface area contributed by atoms with Gasteiger partial charge >= 0.3 is 0 Å². The number of nitrogens with one attached hydrogen (secondary N) is 1. The molecule has 19 heavy (non-hydrogen) atoms. The molecule has 0 fully saturated rings. The van der Waals surface area contributed by atoms with E-state index in [0.717, 1.165) is 16.6 Å². The van der Waals surface area contributed by atoms with Gasteiger partial charge in [0.05, 0.1) is 17.7 Å². The van der Waals surface area contributed by atoms with Crippen LogP contribution >= 0.6 is 15.9 Å². The van der Waals surface area contributed by atoms with Crippen LogP contribution in [-0.4, -0.2) is 0 Å². The quantitative estimate of drug-likeness (QED) is 0.872. The van der Waals surface area contributed by atoms with Gasteiger partial charge in [0.1, 0.15) is 0 Å². The molecular formula is C16H15BrN2. The highest BCUT2D eigenvalue weighted by Crippen LogP contribution is 2.25. The third-order valence-corrected chi connectivity index (χ3v) is 3.44. The molecule has 0 aliphatic carbocycles. The molecule has 2 rings (SSSR count). The average molecular weight is 315 g/mol. The first-order valence-corrected chi connectivity index (χ1v) is 7.04. The highest BCUT2D eigenvalue weighted by Gasteiger charge is 2.09. The van der Waals surface area contributed by atoms with Crippen LogP contribution in [0.4, 0.5) is 5.69 Å². The van der Waals surface area contributed by atoms with Crippen molar-refractivity contribution in [2.75, 3.05) is 5.32 Å². The van der Waals surface area contributed by atoms with Gasteiger partial charge in [-0.2, -0.15) is 5.26 Å². The predicted molar refractivity (Wildman–Crippen MR) is 82.0 cm³/mol. The maximum atomic E-state index is 9.00. The summed E-state index contributed by atoms with van der Waals surface area (Å²) < 4.78 is 0.914. The minimum atomic E-state index is 0.252. The Morgan fingerprint density at radius 3 is 2.58 bits per heavy atom. The molecule has 1 unspecified atom stereocenters. The summed E-state index contributed by atoms with van der Waals surface area (Å²) >= 11 is 3.43. The maximum absolute atomic E-state index is 9.00. The van der Waals surface area contributed by atoms with E-state index in [4.69, 9.17) is 5.26 Å². The standard InChI is InChI=1S/C16H15BrN2/c1-2-16(13-6-4-3-5-7-13)19-15-9-12(11-18)8-14(17)10-15/h3-10,16,19H,2H2,1H3. The van der Waals surface area contributed by atoms with Crippen molar-refractivity contribution in [2.24, 2.45) is 0 Å². The number of rotatable bonds is 4. The number of nitrogens with zero attached hydrogens (tertiary/aromatic N) is 1. The van der Waals surface area contributed by atoms with Crippen LogP contribution in [0.2, 0.25) is 0 Å². The molecule has 0 amide bonds. The summed E-state index contributed by atoms with van der Waals surface area (Å²) in [5, 5.41) is 12.5. The summed E-state index contributed by atoms with van der Waals surface area (Å²) in [5.41, 5.74) is 2.87. The fourth-order valence-electron chi connectivity index (χ4n) is 2.05. The third kappa shape index (κ3) is 3.59. The molecule has 0 saturated carbocycles. The second-order valence-corrected chi connectivity index (χ2v) is 5.27. The van der Waals surface area contributed by atoms with Crippen LogP contribution in [0.15, 0.2) is 53.0 Å². The van der Waals surface area contributed by atoms with E-state index < -0.39 is 0 Å². The number of nitriles is 1. The molecule has 2 nitrogen and oxygen atoms in total. The van der Waals surface area contributed by atoms with Crippen LogP contribution in [-0.2, 0) is 0 Å². The number of halogens is 1. The average Bonchev–Trinajstić information content (AvgIpc) is 2.45. The second-order valence-electron chi connectivity index (χ2n) is 4.36. The first-order valence-electron chi connectivity index (χ1n) is 6.25. The molecule has 1 atom stereocenters. The van der Waals surface area contributed by atoms with Crippen LogP contribution in [0, 0.1) is 11.3 Å². The molecule has 3 heteroatoms. The van der Waals surface area contributed by atoms with Crippen molar-refractivity contribution in [1.82, 2.24) is 0 Å². The van der Waals surface area contributed by atoms with Gasteiger partial charge in [-0.15, -0.1) is 0 Å². The number of benzene rings is 2. The highest BCUT2D eigenvalue weighted by atomic mass is 79.9. The molecule has 2 aromatic carbocycles. The molecule has 1 N–H and O–H groups in total. The minimum absolute atomic E-state index is 0.252. The molecule has 0 heterocycles. The Kier molecular flexibility index (Phi) is 4.59. The molecule has 0 saturated heterocycles. The molecule has 96 valence electrons. The summed E-state index contributed by atoms with van der Waals surface area (Å²) in [7, 11) is 0. The van der Waals surface area contributed by atoms with E-state index in [0.29, 0.717) is 5.56 Å². The fourth-order valence-corrected chi connectivity index (χ4v) is 2.54. The Hall–Kier alpha value is -1.79. The Morgan fingerprint density at radius 1 is 1.21 bits per heavy atom. The van der Waals surface area contributed by atoms with Gasteiger partial charge in [-0.1, -0.05) is 53.2 Å². The summed E-state index contributed by atoms with van der Waals surface area (Å²) in [6.07, 6.45) is 0.985. The van der Waals surface area contributed by atoms with E-state index in [2.05, 4.69) is 46.4 Å². The maximum Gasteiger partial charge on any atom is 0.0992 e. The van der Waals surface area contributed by atoms with Gasteiger partial charge < -0.3 is 5.32 Å². The SMILES string of the molecule is CCC(Nc1cc(Br)cc(C#N)c1)c1ccccc1. The highest BCUT2D eigenvalue weighted by molar-refractivity contribution is 9.10.